The van der Waals surface area contributed by atoms with Crippen LogP contribution in [0.1, 0.15) is 25.3 Å². The topological polar surface area (TPSA) is 15.3 Å². The van der Waals surface area contributed by atoms with Crippen molar-refractivity contribution < 1.29 is 4.39 Å². The van der Waals surface area contributed by atoms with Gasteiger partial charge in [-0.25, -0.2) is 4.39 Å². The van der Waals surface area contributed by atoms with Gasteiger partial charge in [0.25, 0.3) is 0 Å². The first-order valence-electron chi connectivity index (χ1n) is 6.60. The lowest BCUT2D eigenvalue weighted by Crippen LogP contribution is -2.33. The molecule has 0 bridgehead atoms. The van der Waals surface area contributed by atoms with Crippen LogP contribution >= 0.6 is 11.6 Å². The minimum Gasteiger partial charge on any atom is -0.311 e. The largest absolute Gasteiger partial charge is 0.311 e. The molecule has 0 saturated heterocycles. The van der Waals surface area contributed by atoms with Gasteiger partial charge in [-0.15, -0.1) is 0 Å². The second-order valence-electron chi connectivity index (χ2n) is 4.75. The minimum absolute atomic E-state index is 0.197. The molecule has 1 fully saturated rings. The number of nitrogens with one attached hydrogen (secondary N) is 1. The van der Waals surface area contributed by atoms with Crippen LogP contribution in [0.2, 0.25) is 5.02 Å². The third-order valence-corrected chi connectivity index (χ3v) is 3.68. The lowest BCUT2D eigenvalue weighted by molar-refractivity contribution is 0.276. The fourth-order valence-electron chi connectivity index (χ4n) is 2.17. The molecule has 1 aromatic rings. The fraction of sp³-hybridized carbons (Fsp3) is 0.571. The van der Waals surface area contributed by atoms with E-state index in [-0.39, 0.29) is 10.8 Å². The van der Waals surface area contributed by atoms with E-state index < -0.39 is 0 Å². The highest BCUT2D eigenvalue weighted by molar-refractivity contribution is 6.30. The van der Waals surface area contributed by atoms with Crippen molar-refractivity contribution in [3.8, 4) is 0 Å². The molecular formula is C14H20ClFN2. The van der Waals surface area contributed by atoms with E-state index in [9.17, 15) is 4.39 Å². The number of hydrogen-bond donors (Lipinski definition) is 1. The van der Waals surface area contributed by atoms with Crippen molar-refractivity contribution in [2.24, 2.45) is 0 Å². The molecule has 1 aliphatic carbocycles. The maximum Gasteiger partial charge on any atom is 0.146 e. The molecule has 4 heteroatoms. The Morgan fingerprint density at radius 3 is 2.89 bits per heavy atom. The van der Waals surface area contributed by atoms with E-state index in [4.69, 9.17) is 11.6 Å². The minimum atomic E-state index is -0.304. The first-order valence-corrected chi connectivity index (χ1v) is 6.97. The van der Waals surface area contributed by atoms with Crippen LogP contribution in [0.15, 0.2) is 18.2 Å². The van der Waals surface area contributed by atoms with Crippen LogP contribution in [0.4, 0.5) is 4.39 Å². The van der Waals surface area contributed by atoms with Gasteiger partial charge in [-0.2, -0.15) is 0 Å². The van der Waals surface area contributed by atoms with Crippen LogP contribution in [-0.4, -0.2) is 30.6 Å². The molecule has 0 atom stereocenters. The summed E-state index contributed by atoms with van der Waals surface area (Å²) in [7, 11) is 0. The normalized spacial score (nSPS) is 15.3. The highest BCUT2D eigenvalue weighted by atomic mass is 35.5. The Hall–Kier alpha value is -0.640. The summed E-state index contributed by atoms with van der Waals surface area (Å²) in [6.45, 7) is 5.74. The van der Waals surface area contributed by atoms with E-state index in [2.05, 4.69) is 17.1 Å². The molecule has 0 amide bonds. The van der Waals surface area contributed by atoms with Crippen LogP contribution in [0.25, 0.3) is 0 Å². The second kappa shape index (κ2) is 6.50. The summed E-state index contributed by atoms with van der Waals surface area (Å²) in [5.41, 5.74) is 0.636. The number of hydrogen-bond acceptors (Lipinski definition) is 2. The molecule has 1 saturated carbocycles. The van der Waals surface area contributed by atoms with E-state index >= 15 is 0 Å². The lowest BCUT2D eigenvalue weighted by Gasteiger charge is -2.19. The third-order valence-electron chi connectivity index (χ3n) is 3.39. The zero-order valence-corrected chi connectivity index (χ0v) is 11.5. The molecule has 100 valence electrons. The predicted molar refractivity (Wildman–Crippen MR) is 73.4 cm³/mol. The van der Waals surface area contributed by atoms with Gasteiger partial charge >= 0.3 is 0 Å². The molecule has 0 spiro atoms. The van der Waals surface area contributed by atoms with Crippen molar-refractivity contribution >= 4 is 11.6 Å². The Balaban J connectivity index is 1.73. The first-order chi connectivity index (χ1) is 8.72. The van der Waals surface area contributed by atoms with Crippen molar-refractivity contribution in [1.82, 2.24) is 10.2 Å². The fourth-order valence-corrected chi connectivity index (χ4v) is 2.36. The van der Waals surface area contributed by atoms with Gasteiger partial charge in [0.15, 0.2) is 0 Å². The maximum atomic E-state index is 13.6. The van der Waals surface area contributed by atoms with E-state index in [1.807, 2.05) is 0 Å². The monoisotopic (exact) mass is 270 g/mol. The Kier molecular flexibility index (Phi) is 4.98. The Labute approximate surface area is 113 Å². The van der Waals surface area contributed by atoms with Gasteiger partial charge in [-0.1, -0.05) is 30.7 Å². The number of likely N-dealkylation sites (N-methyl/N-ethyl adjacent to an activating group) is 1. The Morgan fingerprint density at radius 2 is 2.22 bits per heavy atom. The van der Waals surface area contributed by atoms with Crippen molar-refractivity contribution in [3.05, 3.63) is 34.6 Å². The molecule has 0 aliphatic heterocycles. The molecule has 2 nitrogen and oxygen atoms in total. The molecule has 0 radical (unpaired) electrons. The van der Waals surface area contributed by atoms with Gasteiger partial charge in [0.05, 0.1) is 5.02 Å². The standard InChI is InChI=1S/C14H20ClFN2/c1-2-18(12-6-7-12)9-8-17-10-11-4-3-5-13(15)14(11)16/h3-5,12,17H,2,6-10H2,1H3. The molecule has 18 heavy (non-hydrogen) atoms. The molecule has 1 N–H and O–H groups in total. The number of rotatable bonds is 7. The van der Waals surface area contributed by atoms with Crippen molar-refractivity contribution in [3.63, 3.8) is 0 Å². The Morgan fingerprint density at radius 1 is 1.44 bits per heavy atom. The van der Waals surface area contributed by atoms with Crippen molar-refractivity contribution in [1.29, 1.82) is 0 Å². The molecule has 1 aliphatic rings. The lowest BCUT2D eigenvalue weighted by atomic mass is 10.2. The van der Waals surface area contributed by atoms with Gasteiger partial charge in [-0.05, 0) is 25.5 Å². The quantitative estimate of drug-likeness (QED) is 0.766. The first kappa shape index (κ1) is 13.8. The van der Waals surface area contributed by atoms with Crippen LogP contribution in [0.5, 0.6) is 0 Å². The molecule has 0 unspecified atom stereocenters. The van der Waals surface area contributed by atoms with Gasteiger partial charge in [0.2, 0.25) is 0 Å². The molecule has 1 aromatic carbocycles. The summed E-state index contributed by atoms with van der Waals surface area (Å²) in [5, 5.41) is 3.47. The summed E-state index contributed by atoms with van der Waals surface area (Å²) in [5.74, 6) is -0.304. The molecule has 0 heterocycles. The summed E-state index contributed by atoms with van der Waals surface area (Å²) in [6.07, 6.45) is 2.66. The zero-order chi connectivity index (χ0) is 13.0. The summed E-state index contributed by atoms with van der Waals surface area (Å²) >= 11 is 5.74. The summed E-state index contributed by atoms with van der Waals surface area (Å²) in [6, 6.07) is 5.92. The molecular weight excluding hydrogens is 251 g/mol. The molecule has 2 rings (SSSR count). The zero-order valence-electron chi connectivity index (χ0n) is 10.8. The summed E-state index contributed by atoms with van der Waals surface area (Å²) < 4.78 is 13.6. The average Bonchev–Trinajstić information content (AvgIpc) is 3.19. The smallest absolute Gasteiger partial charge is 0.146 e. The molecule has 0 aromatic heterocycles. The van der Waals surface area contributed by atoms with Crippen LogP contribution < -0.4 is 5.32 Å². The van der Waals surface area contributed by atoms with E-state index in [0.29, 0.717) is 12.1 Å². The van der Waals surface area contributed by atoms with Gasteiger partial charge < -0.3 is 5.32 Å². The van der Waals surface area contributed by atoms with Crippen LogP contribution in [0, 0.1) is 5.82 Å². The van der Waals surface area contributed by atoms with Crippen molar-refractivity contribution in [2.75, 3.05) is 19.6 Å². The number of nitrogens with zero attached hydrogens (tertiary/aromatic N) is 1. The number of benzene rings is 1. The predicted octanol–water partition coefficient (Wildman–Crippen LogP) is 3.05. The van der Waals surface area contributed by atoms with Gasteiger partial charge in [-0.3, -0.25) is 4.90 Å². The second-order valence-corrected chi connectivity index (χ2v) is 5.16. The van der Waals surface area contributed by atoms with Crippen LogP contribution in [0.3, 0.4) is 0 Å². The van der Waals surface area contributed by atoms with E-state index in [1.165, 1.54) is 12.8 Å². The van der Waals surface area contributed by atoms with Gasteiger partial charge in [0.1, 0.15) is 5.82 Å². The van der Waals surface area contributed by atoms with Crippen molar-refractivity contribution in [2.45, 2.75) is 32.4 Å². The third kappa shape index (κ3) is 3.67. The van der Waals surface area contributed by atoms with E-state index in [1.54, 1.807) is 18.2 Å². The van der Waals surface area contributed by atoms with Gasteiger partial charge in [0, 0.05) is 31.2 Å². The SMILES string of the molecule is CCN(CCNCc1cccc(Cl)c1F)C1CC1. The maximum absolute atomic E-state index is 13.6. The highest BCUT2D eigenvalue weighted by Gasteiger charge is 2.26. The highest BCUT2D eigenvalue weighted by Crippen LogP contribution is 2.25. The number of halogens is 2. The average molecular weight is 271 g/mol. The summed E-state index contributed by atoms with van der Waals surface area (Å²) in [4.78, 5) is 2.47. The van der Waals surface area contributed by atoms with Crippen LogP contribution in [-0.2, 0) is 6.54 Å². The van der Waals surface area contributed by atoms with E-state index in [0.717, 1.165) is 25.7 Å². The Bertz CT molecular complexity index is 393.